The fraction of sp³-hybridized carbons (Fsp3) is 0.235. The molecule has 0 fully saturated rings. The van der Waals surface area contributed by atoms with Crippen LogP contribution in [-0.2, 0) is 13.1 Å². The molecule has 0 aromatic heterocycles. The molecule has 110 valence electrons. The Labute approximate surface area is 124 Å². The molecule has 4 heteroatoms. The quantitative estimate of drug-likeness (QED) is 0.888. The van der Waals surface area contributed by atoms with Crippen LogP contribution in [0.5, 0.6) is 0 Å². The van der Waals surface area contributed by atoms with Gasteiger partial charge in [0.05, 0.1) is 0 Å². The van der Waals surface area contributed by atoms with Crippen LogP contribution >= 0.6 is 0 Å². The second-order valence-corrected chi connectivity index (χ2v) is 5.21. The van der Waals surface area contributed by atoms with Crippen molar-refractivity contribution in [3.05, 3.63) is 70.0 Å². The summed E-state index contributed by atoms with van der Waals surface area (Å²) in [5, 5.41) is 3.30. The van der Waals surface area contributed by atoms with Crippen LogP contribution in [0.15, 0.2) is 36.4 Å². The zero-order valence-corrected chi connectivity index (χ0v) is 12.2. The summed E-state index contributed by atoms with van der Waals surface area (Å²) in [5.74, 6) is -0.562. The number of carbonyl (C=O) groups is 1. The number of rotatable bonds is 5. The van der Waals surface area contributed by atoms with Gasteiger partial charge in [-0.05, 0) is 48.2 Å². The van der Waals surface area contributed by atoms with E-state index < -0.39 is 5.91 Å². The van der Waals surface area contributed by atoms with Crippen molar-refractivity contribution >= 4 is 5.91 Å². The molecule has 0 saturated heterocycles. The molecule has 21 heavy (non-hydrogen) atoms. The van der Waals surface area contributed by atoms with Gasteiger partial charge in [-0.25, -0.2) is 4.39 Å². The second-order valence-electron chi connectivity index (χ2n) is 5.21. The minimum absolute atomic E-state index is 0.138. The van der Waals surface area contributed by atoms with Gasteiger partial charge in [0.1, 0.15) is 5.82 Å². The van der Waals surface area contributed by atoms with Gasteiger partial charge in [0.2, 0.25) is 5.91 Å². The van der Waals surface area contributed by atoms with E-state index in [1.807, 2.05) is 24.3 Å². The lowest BCUT2D eigenvalue weighted by atomic mass is 10.1. The van der Waals surface area contributed by atoms with Gasteiger partial charge in [-0.3, -0.25) is 4.79 Å². The highest BCUT2D eigenvalue weighted by molar-refractivity contribution is 5.92. The van der Waals surface area contributed by atoms with Crippen molar-refractivity contribution in [1.82, 2.24) is 5.32 Å². The molecule has 3 N–H and O–H groups in total. The second kappa shape index (κ2) is 6.50. The minimum atomic E-state index is -0.424. The van der Waals surface area contributed by atoms with Gasteiger partial charge in [-0.2, -0.15) is 0 Å². The lowest BCUT2D eigenvalue weighted by molar-refractivity contribution is 0.100. The fourth-order valence-electron chi connectivity index (χ4n) is 2.28. The molecule has 0 radical (unpaired) electrons. The first-order valence-electron chi connectivity index (χ1n) is 6.82. The molecule has 0 spiro atoms. The van der Waals surface area contributed by atoms with E-state index >= 15 is 0 Å². The van der Waals surface area contributed by atoms with Crippen molar-refractivity contribution < 1.29 is 9.18 Å². The van der Waals surface area contributed by atoms with E-state index in [1.54, 1.807) is 26.0 Å². The van der Waals surface area contributed by atoms with E-state index in [-0.39, 0.29) is 5.82 Å². The molecule has 0 aliphatic carbocycles. The van der Waals surface area contributed by atoms with Crippen molar-refractivity contribution in [2.45, 2.75) is 26.9 Å². The summed E-state index contributed by atoms with van der Waals surface area (Å²) >= 11 is 0. The Kier molecular flexibility index (Phi) is 4.70. The van der Waals surface area contributed by atoms with Gasteiger partial charge in [0.25, 0.3) is 0 Å². The van der Waals surface area contributed by atoms with Gasteiger partial charge in [-0.1, -0.05) is 24.3 Å². The van der Waals surface area contributed by atoms with Gasteiger partial charge in [0.15, 0.2) is 0 Å². The van der Waals surface area contributed by atoms with Gasteiger partial charge in [0, 0.05) is 18.7 Å². The van der Waals surface area contributed by atoms with Crippen LogP contribution in [0.25, 0.3) is 0 Å². The summed E-state index contributed by atoms with van der Waals surface area (Å²) in [6, 6.07) is 10.9. The monoisotopic (exact) mass is 286 g/mol. The van der Waals surface area contributed by atoms with E-state index in [0.717, 1.165) is 11.1 Å². The van der Waals surface area contributed by atoms with Crippen LogP contribution < -0.4 is 11.1 Å². The lowest BCUT2D eigenvalue weighted by Crippen LogP contribution is -2.14. The van der Waals surface area contributed by atoms with E-state index in [1.165, 1.54) is 0 Å². The van der Waals surface area contributed by atoms with Crippen LogP contribution in [0, 0.1) is 19.7 Å². The van der Waals surface area contributed by atoms with E-state index in [2.05, 4.69) is 5.32 Å². The molecule has 0 aliphatic rings. The largest absolute Gasteiger partial charge is 0.366 e. The van der Waals surface area contributed by atoms with Gasteiger partial charge >= 0.3 is 0 Å². The first kappa shape index (κ1) is 15.2. The third-order valence-electron chi connectivity index (χ3n) is 3.39. The first-order chi connectivity index (χ1) is 9.97. The van der Waals surface area contributed by atoms with Crippen molar-refractivity contribution in [2.75, 3.05) is 0 Å². The molecule has 2 aromatic rings. The molecule has 0 bridgehead atoms. The normalized spacial score (nSPS) is 10.6. The Morgan fingerprint density at radius 2 is 1.57 bits per heavy atom. The molecule has 3 nitrogen and oxygen atoms in total. The Bertz CT molecular complexity index is 627. The number of primary amides is 1. The number of nitrogens with two attached hydrogens (primary N) is 1. The molecule has 0 heterocycles. The van der Waals surface area contributed by atoms with E-state index in [4.69, 9.17) is 5.73 Å². The summed E-state index contributed by atoms with van der Waals surface area (Å²) in [6.07, 6.45) is 0. The number of aryl methyl sites for hydroxylation is 2. The van der Waals surface area contributed by atoms with Crippen LogP contribution in [0.4, 0.5) is 4.39 Å². The lowest BCUT2D eigenvalue weighted by Gasteiger charge is -2.09. The van der Waals surface area contributed by atoms with E-state index in [0.29, 0.717) is 29.8 Å². The molecule has 0 unspecified atom stereocenters. The van der Waals surface area contributed by atoms with Crippen LogP contribution in [-0.4, -0.2) is 5.91 Å². The van der Waals surface area contributed by atoms with Crippen molar-refractivity contribution in [3.8, 4) is 0 Å². The average molecular weight is 286 g/mol. The zero-order valence-electron chi connectivity index (χ0n) is 12.2. The fourth-order valence-corrected chi connectivity index (χ4v) is 2.28. The number of benzene rings is 2. The molecular weight excluding hydrogens is 267 g/mol. The minimum Gasteiger partial charge on any atom is -0.366 e. The predicted molar refractivity (Wildman–Crippen MR) is 81.4 cm³/mol. The zero-order chi connectivity index (χ0) is 15.4. The molecule has 2 aromatic carbocycles. The first-order valence-corrected chi connectivity index (χ1v) is 6.82. The molecular formula is C17H19FN2O. The third-order valence-corrected chi connectivity index (χ3v) is 3.39. The van der Waals surface area contributed by atoms with Crippen LogP contribution in [0.1, 0.15) is 32.6 Å². The number of nitrogens with one attached hydrogen (secondary N) is 1. The Balaban J connectivity index is 1.94. The molecule has 0 saturated carbocycles. The van der Waals surface area contributed by atoms with Crippen LogP contribution in [0.2, 0.25) is 0 Å². The number of hydrogen-bond donors (Lipinski definition) is 2. The maximum Gasteiger partial charge on any atom is 0.248 e. The summed E-state index contributed by atoms with van der Waals surface area (Å²) in [7, 11) is 0. The smallest absolute Gasteiger partial charge is 0.248 e. The van der Waals surface area contributed by atoms with Gasteiger partial charge < -0.3 is 11.1 Å². The summed E-state index contributed by atoms with van der Waals surface area (Å²) in [5.41, 5.74) is 9.15. The van der Waals surface area contributed by atoms with E-state index in [9.17, 15) is 9.18 Å². The Morgan fingerprint density at radius 1 is 1.05 bits per heavy atom. The van der Waals surface area contributed by atoms with Crippen molar-refractivity contribution in [3.63, 3.8) is 0 Å². The highest BCUT2D eigenvalue weighted by atomic mass is 19.1. The molecule has 0 atom stereocenters. The number of amides is 1. The summed E-state index contributed by atoms with van der Waals surface area (Å²) < 4.78 is 13.5. The summed E-state index contributed by atoms with van der Waals surface area (Å²) in [6.45, 7) is 4.89. The van der Waals surface area contributed by atoms with Crippen molar-refractivity contribution in [1.29, 1.82) is 0 Å². The molecule has 2 rings (SSSR count). The molecule has 0 aliphatic heterocycles. The third kappa shape index (κ3) is 3.89. The maximum absolute atomic E-state index is 13.5. The van der Waals surface area contributed by atoms with Crippen LogP contribution in [0.3, 0.4) is 0 Å². The standard InChI is InChI=1S/C17H19FN2O/c1-11-7-14(8-12(2)16(11)18)10-20-9-13-3-5-15(6-4-13)17(19)21/h3-8,20H,9-10H2,1-2H3,(H2,19,21). The topological polar surface area (TPSA) is 55.1 Å². The number of hydrogen-bond acceptors (Lipinski definition) is 2. The van der Waals surface area contributed by atoms with Crippen molar-refractivity contribution in [2.24, 2.45) is 5.73 Å². The Hall–Kier alpha value is -2.20. The summed E-state index contributed by atoms with van der Waals surface area (Å²) in [4.78, 5) is 11.0. The number of carbonyl (C=O) groups excluding carboxylic acids is 1. The van der Waals surface area contributed by atoms with Gasteiger partial charge in [-0.15, -0.1) is 0 Å². The maximum atomic E-state index is 13.5. The Morgan fingerprint density at radius 3 is 2.10 bits per heavy atom. The highest BCUT2D eigenvalue weighted by Crippen LogP contribution is 2.14. The predicted octanol–water partition coefficient (Wildman–Crippen LogP) is 2.83. The SMILES string of the molecule is Cc1cc(CNCc2ccc(C(N)=O)cc2)cc(C)c1F. The molecule has 1 amide bonds. The average Bonchev–Trinajstić information content (AvgIpc) is 2.45. The number of halogens is 1. The highest BCUT2D eigenvalue weighted by Gasteiger charge is 2.04.